The molecule has 0 amide bonds. The molecule has 0 atom stereocenters. The van der Waals surface area contributed by atoms with Gasteiger partial charge in [-0.2, -0.15) is 0 Å². The maximum atomic E-state index is 12.7. The molecule has 28 heavy (non-hydrogen) atoms. The Morgan fingerprint density at radius 3 is 2.89 bits per heavy atom. The molecule has 2 aromatic rings. The van der Waals surface area contributed by atoms with Gasteiger partial charge in [0.2, 0.25) is 6.79 Å². The van der Waals surface area contributed by atoms with Crippen LogP contribution >= 0.6 is 23.5 Å². The summed E-state index contributed by atoms with van der Waals surface area (Å²) in [6, 6.07) is 9.57. The van der Waals surface area contributed by atoms with Gasteiger partial charge in [-0.25, -0.2) is 4.79 Å². The normalized spacial score (nSPS) is 13.0. The van der Waals surface area contributed by atoms with E-state index in [9.17, 15) is 4.79 Å². The maximum Gasteiger partial charge on any atom is 0.340 e. The average molecular weight is 416 g/mol. The average Bonchev–Trinajstić information content (AvgIpc) is 3.18. The molecule has 5 nitrogen and oxygen atoms in total. The Labute approximate surface area is 173 Å². The Morgan fingerprint density at radius 1 is 1.29 bits per heavy atom. The van der Waals surface area contributed by atoms with Gasteiger partial charge < -0.3 is 14.2 Å². The summed E-state index contributed by atoms with van der Waals surface area (Å²) in [5.41, 5.74) is 2.36. The fourth-order valence-electron chi connectivity index (χ4n) is 2.53. The van der Waals surface area contributed by atoms with E-state index in [1.807, 2.05) is 36.4 Å². The van der Waals surface area contributed by atoms with Crippen molar-refractivity contribution >= 4 is 35.1 Å². The zero-order chi connectivity index (χ0) is 19.8. The van der Waals surface area contributed by atoms with Crippen LogP contribution in [0.3, 0.4) is 0 Å². The lowest BCUT2D eigenvalue weighted by Crippen LogP contribution is -2.08. The zero-order valence-electron chi connectivity index (χ0n) is 15.6. The number of carbonyl (C=O) groups excluding carboxylic acids is 1. The predicted octanol–water partition coefficient (Wildman–Crippen LogP) is 4.89. The summed E-state index contributed by atoms with van der Waals surface area (Å²) in [6.07, 6.45) is 5.18. The summed E-state index contributed by atoms with van der Waals surface area (Å²) in [4.78, 5) is 16.9. The monoisotopic (exact) mass is 415 g/mol. The summed E-state index contributed by atoms with van der Waals surface area (Å²) in [5, 5.41) is 0. The predicted molar refractivity (Wildman–Crippen MR) is 114 cm³/mol. The number of ether oxygens (including phenoxy) is 3. The van der Waals surface area contributed by atoms with Crippen molar-refractivity contribution in [2.75, 3.05) is 19.2 Å². The molecule has 7 heteroatoms. The van der Waals surface area contributed by atoms with Gasteiger partial charge in [-0.15, -0.1) is 30.1 Å². The Bertz CT molecular complexity index is 868. The van der Waals surface area contributed by atoms with Gasteiger partial charge in [0.25, 0.3) is 0 Å². The van der Waals surface area contributed by atoms with Crippen LogP contribution in [-0.4, -0.2) is 30.1 Å². The second-order valence-corrected chi connectivity index (χ2v) is 7.97. The molecule has 146 valence electrons. The van der Waals surface area contributed by atoms with Gasteiger partial charge in [-0.05, 0) is 30.7 Å². The van der Waals surface area contributed by atoms with Crippen molar-refractivity contribution < 1.29 is 19.0 Å². The first-order chi connectivity index (χ1) is 13.7. The lowest BCUT2D eigenvalue weighted by atomic mass is 10.1. The molecule has 0 N–H and O–H groups in total. The number of esters is 1. The first-order valence-electron chi connectivity index (χ1n) is 8.79. The van der Waals surface area contributed by atoms with Crippen molar-refractivity contribution in [1.82, 2.24) is 4.98 Å². The molecule has 1 aromatic carbocycles. The highest BCUT2D eigenvalue weighted by Gasteiger charge is 2.21. The van der Waals surface area contributed by atoms with E-state index < -0.39 is 0 Å². The molecule has 2 heterocycles. The van der Waals surface area contributed by atoms with E-state index in [-0.39, 0.29) is 12.8 Å². The molecule has 0 aliphatic carbocycles. The van der Waals surface area contributed by atoms with Crippen LogP contribution in [0.1, 0.15) is 18.1 Å². The number of aromatic nitrogens is 1. The lowest BCUT2D eigenvalue weighted by molar-refractivity contribution is -0.136. The number of hydrogen-bond donors (Lipinski definition) is 0. The van der Waals surface area contributed by atoms with Gasteiger partial charge in [0, 0.05) is 29.5 Å². The van der Waals surface area contributed by atoms with Crippen LogP contribution in [0.25, 0.3) is 5.57 Å². The summed E-state index contributed by atoms with van der Waals surface area (Å²) in [5.74, 6) is 2.53. The maximum absolute atomic E-state index is 12.7. The fraction of sp³-hybridized carbons (Fsp3) is 0.238. The molecule has 0 saturated carbocycles. The molecule has 0 unspecified atom stereocenters. The second-order valence-electron chi connectivity index (χ2n) is 5.70. The highest BCUT2D eigenvalue weighted by molar-refractivity contribution is 8.22. The Morgan fingerprint density at radius 2 is 2.14 bits per heavy atom. The van der Waals surface area contributed by atoms with Crippen molar-refractivity contribution in [1.29, 1.82) is 0 Å². The third kappa shape index (κ3) is 5.11. The van der Waals surface area contributed by atoms with Gasteiger partial charge in [0.1, 0.15) is 0 Å². The number of carbonyl (C=O) groups is 1. The molecular weight excluding hydrogens is 394 g/mol. The van der Waals surface area contributed by atoms with E-state index in [2.05, 4.69) is 11.6 Å². The number of nitrogens with zero attached hydrogens (tertiary/aromatic N) is 1. The number of hydrogen-bond acceptors (Lipinski definition) is 7. The quantitative estimate of drug-likeness (QED) is 0.328. The van der Waals surface area contributed by atoms with Crippen LogP contribution in [0, 0.1) is 0 Å². The fourth-order valence-corrected chi connectivity index (χ4v) is 4.68. The Balaban J connectivity index is 1.90. The van der Waals surface area contributed by atoms with Gasteiger partial charge in [0.15, 0.2) is 11.5 Å². The van der Waals surface area contributed by atoms with Crippen LogP contribution in [0.4, 0.5) is 0 Å². The molecule has 0 radical (unpaired) electrons. The number of rotatable bonds is 9. The molecule has 0 saturated heterocycles. The van der Waals surface area contributed by atoms with E-state index in [0.29, 0.717) is 23.7 Å². The molecule has 0 bridgehead atoms. The largest absolute Gasteiger partial charge is 0.462 e. The lowest BCUT2D eigenvalue weighted by Gasteiger charge is -2.14. The van der Waals surface area contributed by atoms with Crippen molar-refractivity contribution in [2.45, 2.75) is 12.7 Å². The summed E-state index contributed by atoms with van der Waals surface area (Å²) in [7, 11) is 0. The number of thioether (sulfide) groups is 2. The number of pyridine rings is 1. The SMILES string of the molecule is C=CCS/C(SCc1ccc2c(c1)OCO2)=C(\C(=O)OCC)c1cccnc1. The van der Waals surface area contributed by atoms with Gasteiger partial charge in [-0.1, -0.05) is 18.2 Å². The molecule has 1 aliphatic rings. The van der Waals surface area contributed by atoms with Gasteiger partial charge in [0.05, 0.1) is 16.4 Å². The van der Waals surface area contributed by atoms with Crippen molar-refractivity contribution in [3.05, 3.63) is 70.7 Å². The summed E-state index contributed by atoms with van der Waals surface area (Å²) >= 11 is 3.15. The Kier molecular flexibility index (Phi) is 7.45. The highest BCUT2D eigenvalue weighted by atomic mass is 32.2. The summed E-state index contributed by atoms with van der Waals surface area (Å²) < 4.78 is 17.0. The minimum absolute atomic E-state index is 0.250. The second kappa shape index (κ2) is 10.2. The van der Waals surface area contributed by atoms with Crippen molar-refractivity contribution in [2.24, 2.45) is 0 Å². The molecule has 3 rings (SSSR count). The van der Waals surface area contributed by atoms with E-state index in [0.717, 1.165) is 26.9 Å². The van der Waals surface area contributed by atoms with E-state index in [1.54, 1.807) is 42.8 Å². The smallest absolute Gasteiger partial charge is 0.340 e. The highest BCUT2D eigenvalue weighted by Crippen LogP contribution is 2.40. The van der Waals surface area contributed by atoms with Crippen molar-refractivity contribution in [3.8, 4) is 11.5 Å². The zero-order valence-corrected chi connectivity index (χ0v) is 17.2. The molecule has 0 spiro atoms. The summed E-state index contributed by atoms with van der Waals surface area (Å²) in [6.45, 7) is 6.16. The molecule has 1 aromatic heterocycles. The van der Waals surface area contributed by atoms with Crippen LogP contribution in [0.2, 0.25) is 0 Å². The van der Waals surface area contributed by atoms with Crippen LogP contribution in [-0.2, 0) is 15.3 Å². The first kappa shape index (κ1) is 20.4. The third-order valence-corrected chi connectivity index (χ3v) is 6.29. The standard InChI is InChI=1S/C21H21NO4S2/c1-3-10-27-21(19(20(23)24-4-2)16-6-5-9-22-12-16)28-13-15-7-8-17-18(11-15)26-14-25-17/h3,5-9,11-12H,1,4,10,13-14H2,2H3/b21-19+. The van der Waals surface area contributed by atoms with Crippen molar-refractivity contribution in [3.63, 3.8) is 0 Å². The molecule has 0 fully saturated rings. The van der Waals surface area contributed by atoms with Crippen LogP contribution < -0.4 is 9.47 Å². The molecule has 1 aliphatic heterocycles. The van der Waals surface area contributed by atoms with Crippen LogP contribution in [0.5, 0.6) is 11.5 Å². The van der Waals surface area contributed by atoms with Gasteiger partial charge >= 0.3 is 5.97 Å². The minimum atomic E-state index is -0.347. The Hall–Kier alpha value is -2.38. The van der Waals surface area contributed by atoms with E-state index >= 15 is 0 Å². The van der Waals surface area contributed by atoms with Crippen LogP contribution in [0.15, 0.2) is 59.6 Å². The third-order valence-electron chi connectivity index (χ3n) is 3.77. The topological polar surface area (TPSA) is 57.7 Å². The number of fused-ring (bicyclic) bond motifs is 1. The van der Waals surface area contributed by atoms with Gasteiger partial charge in [-0.3, -0.25) is 4.98 Å². The first-order valence-corrected chi connectivity index (χ1v) is 10.8. The number of benzene rings is 1. The van der Waals surface area contributed by atoms with E-state index in [4.69, 9.17) is 14.2 Å². The minimum Gasteiger partial charge on any atom is -0.462 e. The van der Waals surface area contributed by atoms with E-state index in [1.165, 1.54) is 0 Å². The molecular formula is C21H21NO4S2.